The van der Waals surface area contributed by atoms with Gasteiger partial charge in [-0.2, -0.15) is 0 Å². The Bertz CT molecular complexity index is 1350. The molecule has 0 unspecified atom stereocenters. The van der Waals surface area contributed by atoms with E-state index in [-0.39, 0.29) is 0 Å². The van der Waals surface area contributed by atoms with Gasteiger partial charge in [0.1, 0.15) is 11.6 Å². The largest absolute Gasteiger partial charge is 0.362 e. The van der Waals surface area contributed by atoms with Crippen LogP contribution in [0.3, 0.4) is 0 Å². The summed E-state index contributed by atoms with van der Waals surface area (Å²) in [6.45, 7) is 8.11. The van der Waals surface area contributed by atoms with Gasteiger partial charge in [-0.05, 0) is 61.6 Å². The van der Waals surface area contributed by atoms with Gasteiger partial charge in [-0.1, -0.05) is 29.9 Å². The van der Waals surface area contributed by atoms with Gasteiger partial charge in [-0.15, -0.1) is 0 Å². The van der Waals surface area contributed by atoms with Gasteiger partial charge in [-0.3, -0.25) is 0 Å². The Kier molecular flexibility index (Phi) is 3.57. The van der Waals surface area contributed by atoms with E-state index in [4.69, 9.17) is 9.51 Å². The molecule has 1 fully saturated rings. The lowest BCUT2D eigenvalue weighted by atomic mass is 9.90. The number of fused-ring (bicyclic) bond motifs is 2. The van der Waals surface area contributed by atoms with Gasteiger partial charge in [0, 0.05) is 34.5 Å². The highest BCUT2D eigenvalue weighted by molar-refractivity contribution is 6.00. The third kappa shape index (κ3) is 2.55. The maximum atomic E-state index is 5.46. The number of nitrogens with zero attached hydrogens (tertiary/aromatic N) is 2. The Balaban J connectivity index is 1.67. The Morgan fingerprint density at radius 3 is 2.70 bits per heavy atom. The number of aromatic nitrogens is 3. The lowest BCUT2D eigenvalue weighted by Gasteiger charge is -2.19. The van der Waals surface area contributed by atoms with E-state index in [9.17, 15) is 0 Å². The predicted octanol–water partition coefficient (Wildman–Crippen LogP) is 5.92. The number of H-pyrrole nitrogens is 1. The average molecular weight is 394 g/mol. The molecular formula is C25H22N4O. The van der Waals surface area contributed by atoms with Crippen LogP contribution < -0.4 is 5.32 Å². The molecule has 0 spiro atoms. The summed E-state index contributed by atoms with van der Waals surface area (Å²) in [5.41, 5.74) is 10.6. The van der Waals surface area contributed by atoms with Crippen molar-refractivity contribution >= 4 is 22.8 Å². The first kappa shape index (κ1) is 17.3. The number of nitrogens with one attached hydrogen (secondary N) is 2. The van der Waals surface area contributed by atoms with Crippen molar-refractivity contribution in [1.29, 1.82) is 0 Å². The molecule has 6 rings (SSSR count). The molecular weight excluding hydrogens is 372 g/mol. The minimum atomic E-state index is 0.557. The van der Waals surface area contributed by atoms with Crippen molar-refractivity contribution < 1.29 is 4.52 Å². The Labute approximate surface area is 174 Å². The molecule has 2 N–H and O–H groups in total. The molecule has 0 atom stereocenters. The molecule has 1 aliphatic carbocycles. The standard InChI is InChI=1S/C25H22N4O/c1-13-18-5-4-6-19(20(18)9-10-26-13)21-11-17(23-14(2)29-30-15(23)3)12-22-24(21)28-25(27-22)16-7-8-16/h4-6,9-12,16,26H,1,7-8H2,2-3H3,(H,27,28). The molecule has 1 aliphatic heterocycles. The molecule has 2 aromatic carbocycles. The first-order valence-electron chi connectivity index (χ1n) is 10.3. The molecule has 0 saturated heterocycles. The van der Waals surface area contributed by atoms with E-state index >= 15 is 0 Å². The van der Waals surface area contributed by atoms with Crippen molar-refractivity contribution in [3.8, 4) is 22.3 Å². The molecule has 5 nitrogen and oxygen atoms in total. The van der Waals surface area contributed by atoms with Crippen molar-refractivity contribution in [2.24, 2.45) is 0 Å². The van der Waals surface area contributed by atoms with Gasteiger partial charge in [0.15, 0.2) is 0 Å². The lowest BCUT2D eigenvalue weighted by molar-refractivity contribution is 0.393. The van der Waals surface area contributed by atoms with Crippen LogP contribution in [0, 0.1) is 13.8 Å². The quantitative estimate of drug-likeness (QED) is 0.452. The predicted molar refractivity (Wildman–Crippen MR) is 120 cm³/mol. The molecule has 0 amide bonds. The number of aromatic amines is 1. The third-order valence-corrected chi connectivity index (χ3v) is 6.12. The van der Waals surface area contributed by atoms with Crippen LogP contribution >= 0.6 is 0 Å². The highest BCUT2D eigenvalue weighted by Gasteiger charge is 2.28. The van der Waals surface area contributed by atoms with Crippen LogP contribution in [-0.2, 0) is 0 Å². The zero-order chi connectivity index (χ0) is 20.4. The van der Waals surface area contributed by atoms with Gasteiger partial charge in [-0.25, -0.2) is 4.98 Å². The number of imidazole rings is 1. The Hall–Kier alpha value is -3.60. The SMILES string of the molecule is C=C1NC=Cc2c1cccc2-c1cc(-c2c(C)noc2C)cc2[nH]c(C3CC3)nc12. The van der Waals surface area contributed by atoms with Crippen molar-refractivity contribution in [3.05, 3.63) is 71.5 Å². The molecule has 3 heterocycles. The Morgan fingerprint density at radius 2 is 1.93 bits per heavy atom. The molecule has 5 heteroatoms. The third-order valence-electron chi connectivity index (χ3n) is 6.12. The number of benzene rings is 2. The molecule has 1 saturated carbocycles. The minimum absolute atomic E-state index is 0.557. The fourth-order valence-corrected chi connectivity index (χ4v) is 4.48. The smallest absolute Gasteiger partial charge is 0.141 e. The van der Waals surface area contributed by atoms with Crippen LogP contribution in [0.25, 0.3) is 45.1 Å². The molecule has 4 aromatic rings. The van der Waals surface area contributed by atoms with Crippen LogP contribution in [0.15, 0.2) is 47.6 Å². The number of hydrogen-bond acceptors (Lipinski definition) is 4. The number of aryl methyl sites for hydroxylation is 2. The second-order valence-corrected chi connectivity index (χ2v) is 8.24. The van der Waals surface area contributed by atoms with E-state index in [2.05, 4.69) is 58.4 Å². The second-order valence-electron chi connectivity index (χ2n) is 8.24. The molecule has 2 aromatic heterocycles. The topological polar surface area (TPSA) is 66.7 Å². The van der Waals surface area contributed by atoms with Crippen LogP contribution in [0.4, 0.5) is 0 Å². The summed E-state index contributed by atoms with van der Waals surface area (Å²) in [7, 11) is 0. The van der Waals surface area contributed by atoms with Crippen molar-refractivity contribution in [2.75, 3.05) is 0 Å². The highest BCUT2D eigenvalue weighted by Crippen LogP contribution is 2.43. The second kappa shape index (κ2) is 6.20. The van der Waals surface area contributed by atoms with Crippen molar-refractivity contribution in [1.82, 2.24) is 20.4 Å². The summed E-state index contributed by atoms with van der Waals surface area (Å²) in [6, 6.07) is 10.8. The molecule has 2 aliphatic rings. The fourth-order valence-electron chi connectivity index (χ4n) is 4.48. The van der Waals surface area contributed by atoms with E-state index in [0.717, 1.165) is 67.4 Å². The van der Waals surface area contributed by atoms with Gasteiger partial charge in [0.05, 0.1) is 16.7 Å². The average Bonchev–Trinajstić information content (AvgIpc) is 3.42. The summed E-state index contributed by atoms with van der Waals surface area (Å²) in [4.78, 5) is 8.62. The normalized spacial score (nSPS) is 15.5. The van der Waals surface area contributed by atoms with E-state index in [1.165, 1.54) is 12.8 Å². The summed E-state index contributed by atoms with van der Waals surface area (Å²) < 4.78 is 5.46. The fraction of sp³-hybridized carbons (Fsp3) is 0.200. The lowest BCUT2D eigenvalue weighted by Crippen LogP contribution is -2.08. The van der Waals surface area contributed by atoms with Gasteiger partial charge >= 0.3 is 0 Å². The minimum Gasteiger partial charge on any atom is -0.362 e. The van der Waals surface area contributed by atoms with Crippen LogP contribution in [-0.4, -0.2) is 15.1 Å². The molecule has 0 radical (unpaired) electrons. The summed E-state index contributed by atoms with van der Waals surface area (Å²) in [5.74, 6) is 2.47. The zero-order valence-corrected chi connectivity index (χ0v) is 17.0. The van der Waals surface area contributed by atoms with Gasteiger partial charge < -0.3 is 14.8 Å². The van der Waals surface area contributed by atoms with E-state index in [1.54, 1.807) is 0 Å². The number of rotatable bonds is 3. The zero-order valence-electron chi connectivity index (χ0n) is 17.0. The number of hydrogen-bond donors (Lipinski definition) is 2. The summed E-state index contributed by atoms with van der Waals surface area (Å²) in [5, 5.41) is 7.38. The van der Waals surface area contributed by atoms with Crippen LogP contribution in [0.2, 0.25) is 0 Å². The summed E-state index contributed by atoms with van der Waals surface area (Å²) >= 11 is 0. The first-order chi connectivity index (χ1) is 14.6. The summed E-state index contributed by atoms with van der Waals surface area (Å²) in [6.07, 6.45) is 6.48. The van der Waals surface area contributed by atoms with Crippen LogP contribution in [0.5, 0.6) is 0 Å². The highest BCUT2D eigenvalue weighted by atomic mass is 16.5. The van der Waals surface area contributed by atoms with E-state index < -0.39 is 0 Å². The van der Waals surface area contributed by atoms with Gasteiger partial charge in [0.2, 0.25) is 0 Å². The maximum absolute atomic E-state index is 5.46. The van der Waals surface area contributed by atoms with Crippen molar-refractivity contribution in [3.63, 3.8) is 0 Å². The van der Waals surface area contributed by atoms with E-state index in [0.29, 0.717) is 5.92 Å². The van der Waals surface area contributed by atoms with Crippen LogP contribution in [0.1, 0.15) is 47.2 Å². The van der Waals surface area contributed by atoms with Crippen molar-refractivity contribution in [2.45, 2.75) is 32.6 Å². The maximum Gasteiger partial charge on any atom is 0.141 e. The molecule has 148 valence electrons. The molecule has 0 bridgehead atoms. The monoisotopic (exact) mass is 394 g/mol. The Morgan fingerprint density at radius 1 is 1.10 bits per heavy atom. The van der Waals surface area contributed by atoms with Gasteiger partial charge in [0.25, 0.3) is 0 Å². The van der Waals surface area contributed by atoms with E-state index in [1.807, 2.05) is 20.0 Å². The first-order valence-corrected chi connectivity index (χ1v) is 10.3. The molecule has 30 heavy (non-hydrogen) atoms.